The second-order valence-electron chi connectivity index (χ2n) is 8.06. The number of rotatable bonds is 3. The summed E-state index contributed by atoms with van der Waals surface area (Å²) in [6.07, 6.45) is 1.04. The maximum atomic E-state index is 12.7. The van der Waals surface area contributed by atoms with Crippen molar-refractivity contribution in [2.24, 2.45) is 17.8 Å². The van der Waals surface area contributed by atoms with E-state index in [4.69, 9.17) is 4.74 Å². The van der Waals surface area contributed by atoms with Crippen LogP contribution in [0.4, 0.5) is 13.2 Å². The van der Waals surface area contributed by atoms with Crippen LogP contribution in [0.2, 0.25) is 0 Å². The summed E-state index contributed by atoms with van der Waals surface area (Å²) in [6.45, 7) is 2.25. The van der Waals surface area contributed by atoms with Crippen LogP contribution in [0.1, 0.15) is 30.9 Å². The van der Waals surface area contributed by atoms with Crippen molar-refractivity contribution in [1.29, 1.82) is 0 Å². The van der Waals surface area contributed by atoms with Gasteiger partial charge in [0.25, 0.3) is 0 Å². The van der Waals surface area contributed by atoms with Crippen LogP contribution >= 0.6 is 0 Å². The molecule has 0 radical (unpaired) electrons. The minimum atomic E-state index is -5.78. The van der Waals surface area contributed by atoms with Gasteiger partial charge < -0.3 is 13.8 Å². The summed E-state index contributed by atoms with van der Waals surface area (Å²) >= 11 is 0. The third-order valence-corrected chi connectivity index (χ3v) is 7.56. The third-order valence-electron chi connectivity index (χ3n) is 6.58. The number of alkyl halides is 3. The molecule has 1 aromatic rings. The van der Waals surface area contributed by atoms with E-state index < -0.39 is 32.8 Å². The first-order valence-electron chi connectivity index (χ1n) is 9.45. The Labute approximate surface area is 171 Å². The van der Waals surface area contributed by atoms with Crippen molar-refractivity contribution in [2.45, 2.75) is 37.2 Å². The second kappa shape index (κ2) is 6.60. The van der Waals surface area contributed by atoms with Crippen LogP contribution in [0.15, 0.2) is 18.2 Å². The van der Waals surface area contributed by atoms with Crippen LogP contribution in [0, 0.1) is 17.8 Å². The molecule has 2 aliphatic heterocycles. The predicted octanol–water partition coefficient (Wildman–Crippen LogP) is 2.34. The number of fused-ring (bicyclic) bond motifs is 1. The Morgan fingerprint density at radius 3 is 2.63 bits per heavy atom. The number of benzene rings is 1. The van der Waals surface area contributed by atoms with E-state index in [1.54, 1.807) is 4.90 Å². The number of esters is 1. The molecule has 30 heavy (non-hydrogen) atoms. The Balaban J connectivity index is 1.77. The average Bonchev–Trinajstić information content (AvgIpc) is 3.07. The van der Waals surface area contributed by atoms with Crippen LogP contribution in [-0.4, -0.2) is 44.4 Å². The summed E-state index contributed by atoms with van der Waals surface area (Å²) in [5.74, 6) is -1.76. The zero-order valence-electron chi connectivity index (χ0n) is 16.2. The number of carbonyl (C=O) groups excluding carboxylic acids is 2. The molecule has 4 rings (SSSR count). The Morgan fingerprint density at radius 1 is 1.30 bits per heavy atom. The van der Waals surface area contributed by atoms with Crippen LogP contribution in [0.5, 0.6) is 5.75 Å². The molecule has 2 heterocycles. The lowest BCUT2D eigenvalue weighted by Gasteiger charge is -2.44. The van der Waals surface area contributed by atoms with Crippen LogP contribution in [0.25, 0.3) is 0 Å². The van der Waals surface area contributed by atoms with Gasteiger partial charge in [-0.25, -0.2) is 0 Å². The fourth-order valence-electron chi connectivity index (χ4n) is 5.56. The first-order valence-corrected chi connectivity index (χ1v) is 10.9. The molecule has 1 saturated heterocycles. The van der Waals surface area contributed by atoms with Gasteiger partial charge in [-0.3, -0.25) is 9.59 Å². The Morgan fingerprint density at radius 2 is 2.00 bits per heavy atom. The second-order valence-corrected chi connectivity index (χ2v) is 9.60. The maximum Gasteiger partial charge on any atom is 0.534 e. The molecule has 2 fully saturated rings. The number of halogens is 3. The summed E-state index contributed by atoms with van der Waals surface area (Å²) in [6, 6.07) is 3.96. The van der Waals surface area contributed by atoms with Crippen LogP contribution in [-0.2, 0) is 36.4 Å². The summed E-state index contributed by atoms with van der Waals surface area (Å²) in [4.78, 5) is 26.9. The summed E-state index contributed by atoms with van der Waals surface area (Å²) in [5.41, 5.74) is -4.96. The minimum Gasteiger partial charge on any atom is -0.469 e. The number of carbonyl (C=O) groups is 2. The molecule has 0 N–H and O–H groups in total. The number of methoxy groups -OCH3 is 1. The molecule has 0 aromatic heterocycles. The molecular weight excluding hydrogens is 427 g/mol. The highest BCUT2D eigenvalue weighted by molar-refractivity contribution is 7.88. The van der Waals surface area contributed by atoms with Crippen molar-refractivity contribution in [3.05, 3.63) is 29.3 Å². The maximum absolute atomic E-state index is 12.7. The molecule has 1 saturated carbocycles. The lowest BCUT2D eigenvalue weighted by molar-refractivity contribution is -0.148. The largest absolute Gasteiger partial charge is 0.534 e. The molecule has 1 unspecified atom stereocenters. The Hall–Kier alpha value is -2.30. The van der Waals surface area contributed by atoms with Crippen molar-refractivity contribution in [2.75, 3.05) is 13.7 Å². The molecule has 164 valence electrons. The van der Waals surface area contributed by atoms with Gasteiger partial charge in [-0.15, -0.1) is 0 Å². The lowest BCUT2D eigenvalue weighted by atomic mass is 9.74. The highest BCUT2D eigenvalue weighted by Crippen LogP contribution is 2.61. The zero-order valence-corrected chi connectivity index (χ0v) is 17.0. The number of ether oxygens (including phenoxy) is 1. The number of amides is 1. The van der Waals surface area contributed by atoms with Gasteiger partial charge >= 0.3 is 21.6 Å². The lowest BCUT2D eigenvalue weighted by Crippen LogP contribution is -2.49. The summed E-state index contributed by atoms with van der Waals surface area (Å²) in [7, 11) is -4.48. The number of hydrogen-bond acceptors (Lipinski definition) is 6. The Kier molecular flexibility index (Phi) is 4.61. The number of nitrogens with zero attached hydrogens (tertiary/aromatic N) is 1. The predicted molar refractivity (Wildman–Crippen MR) is 96.5 cm³/mol. The quantitative estimate of drug-likeness (QED) is 0.402. The molecule has 11 heteroatoms. The van der Waals surface area contributed by atoms with Gasteiger partial charge in [-0.2, -0.15) is 21.6 Å². The van der Waals surface area contributed by atoms with E-state index in [0.717, 1.165) is 11.6 Å². The Bertz CT molecular complexity index is 1020. The molecule has 3 aliphatic rings. The fraction of sp³-hybridized carbons (Fsp3) is 0.579. The highest BCUT2D eigenvalue weighted by atomic mass is 32.2. The molecule has 1 aliphatic carbocycles. The summed E-state index contributed by atoms with van der Waals surface area (Å²) < 4.78 is 69.8. The molecule has 1 amide bonds. The van der Waals surface area contributed by atoms with E-state index in [9.17, 15) is 31.2 Å². The standard InChI is InChI=1S/C19H20F3NO6S/c1-10-9-18-13-4-3-12(29-30(26,27)19(20,21)22)7-11(13)5-6-23(18)15(24)8-14(18)16(10)17(25)28-2/h3-4,7,10,14,16H,5-6,8-9H2,1-2H3/t10-,14?,16+,18-/m0/s1. The van der Waals surface area contributed by atoms with Gasteiger partial charge in [-0.1, -0.05) is 13.0 Å². The van der Waals surface area contributed by atoms with Gasteiger partial charge in [0.05, 0.1) is 18.6 Å². The minimum absolute atomic E-state index is 0.0643. The molecule has 7 nitrogen and oxygen atoms in total. The monoisotopic (exact) mass is 447 g/mol. The van der Waals surface area contributed by atoms with Crippen LogP contribution in [0.3, 0.4) is 0 Å². The topological polar surface area (TPSA) is 90.0 Å². The van der Waals surface area contributed by atoms with E-state index in [0.29, 0.717) is 24.9 Å². The van der Waals surface area contributed by atoms with Crippen molar-refractivity contribution < 1.29 is 40.1 Å². The smallest absolute Gasteiger partial charge is 0.469 e. The molecule has 0 bridgehead atoms. The van der Waals surface area contributed by atoms with Crippen molar-refractivity contribution in [3.63, 3.8) is 0 Å². The average molecular weight is 447 g/mol. The normalized spacial score (nSPS) is 30.5. The van der Waals surface area contributed by atoms with Gasteiger partial charge in [0.1, 0.15) is 5.75 Å². The zero-order chi connectivity index (χ0) is 22.1. The number of hydrogen-bond donors (Lipinski definition) is 0. The first-order chi connectivity index (χ1) is 13.9. The van der Waals surface area contributed by atoms with E-state index in [-0.39, 0.29) is 30.1 Å². The fourth-order valence-corrected chi connectivity index (χ4v) is 6.01. The van der Waals surface area contributed by atoms with Crippen molar-refractivity contribution >= 4 is 22.0 Å². The molecular formula is C19H20F3NO6S. The van der Waals surface area contributed by atoms with Crippen molar-refractivity contribution in [1.82, 2.24) is 4.90 Å². The molecule has 1 aromatic carbocycles. The van der Waals surface area contributed by atoms with Crippen molar-refractivity contribution in [3.8, 4) is 5.75 Å². The highest BCUT2D eigenvalue weighted by Gasteiger charge is 2.65. The van der Waals surface area contributed by atoms with E-state index >= 15 is 0 Å². The van der Waals surface area contributed by atoms with Crippen LogP contribution < -0.4 is 4.18 Å². The molecule has 1 spiro atoms. The van der Waals surface area contributed by atoms with Gasteiger partial charge in [0, 0.05) is 18.9 Å². The third kappa shape index (κ3) is 2.81. The van der Waals surface area contributed by atoms with Gasteiger partial charge in [0.2, 0.25) is 5.91 Å². The SMILES string of the molecule is COC(=O)[C@H]1C2CC(=O)N3CCc4cc(OS(=O)(=O)C(F)(F)F)ccc4[C@@]23C[C@@H]1C. The van der Waals surface area contributed by atoms with E-state index in [1.165, 1.54) is 19.2 Å². The molecule has 4 atom stereocenters. The summed E-state index contributed by atoms with van der Waals surface area (Å²) in [5, 5.41) is 0. The van der Waals surface area contributed by atoms with Gasteiger partial charge in [-0.05, 0) is 42.0 Å². The van der Waals surface area contributed by atoms with E-state index in [2.05, 4.69) is 4.18 Å². The van der Waals surface area contributed by atoms with Gasteiger partial charge in [0.15, 0.2) is 0 Å². The van der Waals surface area contributed by atoms with E-state index in [1.807, 2.05) is 6.92 Å². The first kappa shape index (κ1) is 21.0.